The second-order valence-electron chi connectivity index (χ2n) is 4.31. The molecule has 5 heteroatoms. The number of aromatic nitrogens is 3. The second-order valence-corrected chi connectivity index (χ2v) is 4.31. The predicted octanol–water partition coefficient (Wildman–Crippen LogP) is 1.55. The Bertz CT molecular complexity index is 578. The molecule has 2 aromatic heterocycles. The summed E-state index contributed by atoms with van der Waals surface area (Å²) in [6.07, 6.45) is 6.20. The van der Waals surface area contributed by atoms with Crippen LogP contribution < -0.4 is 5.56 Å². The fourth-order valence-electron chi connectivity index (χ4n) is 2.45. The minimum absolute atomic E-state index is 0.00277. The fraction of sp³-hybridized carbons (Fsp3) is 0.455. The van der Waals surface area contributed by atoms with Gasteiger partial charge in [-0.25, -0.2) is 4.68 Å². The Morgan fingerprint density at radius 3 is 2.94 bits per heavy atom. The van der Waals surface area contributed by atoms with Gasteiger partial charge in [0, 0.05) is 6.07 Å². The normalized spacial score (nSPS) is 17.2. The quantitative estimate of drug-likeness (QED) is 0.764. The summed E-state index contributed by atoms with van der Waals surface area (Å²) in [4.78, 5) is 14.1. The Morgan fingerprint density at radius 2 is 2.19 bits per heavy atom. The van der Waals surface area contributed by atoms with E-state index in [4.69, 9.17) is 0 Å². The first-order valence-corrected chi connectivity index (χ1v) is 5.55. The van der Waals surface area contributed by atoms with Gasteiger partial charge in [-0.05, 0) is 12.8 Å². The van der Waals surface area contributed by atoms with Crippen LogP contribution in [0.4, 0.5) is 0 Å². The van der Waals surface area contributed by atoms with Gasteiger partial charge in [-0.1, -0.05) is 12.8 Å². The second kappa shape index (κ2) is 3.37. The Balaban J connectivity index is 2.22. The Morgan fingerprint density at radius 1 is 1.44 bits per heavy atom. The molecule has 0 atom stereocenters. The molecule has 3 rings (SSSR count). The summed E-state index contributed by atoms with van der Waals surface area (Å²) in [7, 11) is 0. The lowest BCUT2D eigenvalue weighted by Crippen LogP contribution is -2.11. The van der Waals surface area contributed by atoms with Gasteiger partial charge >= 0.3 is 0 Å². The largest absolute Gasteiger partial charge is 0.507 e. The lowest BCUT2D eigenvalue weighted by Gasteiger charge is -2.10. The highest BCUT2D eigenvalue weighted by molar-refractivity contribution is 5.81. The molecule has 16 heavy (non-hydrogen) atoms. The summed E-state index contributed by atoms with van der Waals surface area (Å²) < 4.78 is 1.84. The standard InChI is InChI=1S/C11H13N3O2/c15-9-5-10(16)13-11-8(9)6-12-14(11)7-3-1-2-4-7/h5-7H,1-4H2,(H2,13,15,16). The van der Waals surface area contributed by atoms with Crippen LogP contribution in [-0.2, 0) is 0 Å². The molecule has 1 saturated carbocycles. The molecule has 1 fully saturated rings. The molecule has 0 spiro atoms. The van der Waals surface area contributed by atoms with Gasteiger partial charge in [-0.2, -0.15) is 5.10 Å². The van der Waals surface area contributed by atoms with Crippen molar-refractivity contribution < 1.29 is 5.11 Å². The molecule has 2 aromatic rings. The van der Waals surface area contributed by atoms with E-state index >= 15 is 0 Å². The average Bonchev–Trinajstić information content (AvgIpc) is 2.83. The Kier molecular flexibility index (Phi) is 1.99. The van der Waals surface area contributed by atoms with Crippen molar-refractivity contribution in [1.29, 1.82) is 0 Å². The van der Waals surface area contributed by atoms with Crippen molar-refractivity contribution in [3.05, 3.63) is 22.6 Å². The molecule has 0 aliphatic heterocycles. The Hall–Kier alpha value is -1.78. The van der Waals surface area contributed by atoms with Crippen LogP contribution in [-0.4, -0.2) is 19.9 Å². The number of aromatic amines is 1. The summed E-state index contributed by atoms with van der Waals surface area (Å²) in [6, 6.07) is 1.54. The number of hydrogen-bond donors (Lipinski definition) is 2. The minimum atomic E-state index is -0.287. The van der Waals surface area contributed by atoms with E-state index in [9.17, 15) is 9.90 Å². The van der Waals surface area contributed by atoms with Gasteiger partial charge in [0.25, 0.3) is 5.56 Å². The zero-order chi connectivity index (χ0) is 11.1. The summed E-state index contributed by atoms with van der Waals surface area (Å²) in [5, 5.41) is 14.5. The molecule has 0 unspecified atom stereocenters. The maximum absolute atomic E-state index is 11.3. The number of rotatable bonds is 1. The van der Waals surface area contributed by atoms with E-state index in [0.29, 0.717) is 17.1 Å². The lowest BCUT2D eigenvalue weighted by atomic mass is 10.2. The van der Waals surface area contributed by atoms with Crippen LogP contribution >= 0.6 is 0 Å². The topological polar surface area (TPSA) is 70.9 Å². The van der Waals surface area contributed by atoms with Crippen molar-refractivity contribution >= 4 is 11.0 Å². The van der Waals surface area contributed by atoms with Gasteiger partial charge in [-0.3, -0.25) is 4.79 Å². The molecule has 1 aliphatic carbocycles. The minimum Gasteiger partial charge on any atom is -0.507 e. The number of fused-ring (bicyclic) bond motifs is 1. The van der Waals surface area contributed by atoms with Crippen molar-refractivity contribution in [2.24, 2.45) is 0 Å². The molecular weight excluding hydrogens is 206 g/mol. The number of aromatic hydroxyl groups is 1. The highest BCUT2D eigenvalue weighted by Crippen LogP contribution is 2.32. The third-order valence-electron chi connectivity index (χ3n) is 3.25. The van der Waals surface area contributed by atoms with Crippen molar-refractivity contribution in [3.63, 3.8) is 0 Å². The SMILES string of the molecule is O=c1cc(O)c2cnn(C3CCCC3)c2[nH]1. The average molecular weight is 219 g/mol. The van der Waals surface area contributed by atoms with Crippen molar-refractivity contribution in [2.45, 2.75) is 31.7 Å². The zero-order valence-electron chi connectivity index (χ0n) is 8.81. The Labute approximate surface area is 91.7 Å². The third-order valence-corrected chi connectivity index (χ3v) is 3.25. The van der Waals surface area contributed by atoms with Crippen molar-refractivity contribution in [3.8, 4) is 5.75 Å². The molecule has 0 radical (unpaired) electrons. The lowest BCUT2D eigenvalue weighted by molar-refractivity contribution is 0.474. The van der Waals surface area contributed by atoms with Gasteiger partial charge in [0.2, 0.25) is 0 Å². The van der Waals surface area contributed by atoms with Gasteiger partial charge in [0.15, 0.2) is 0 Å². The summed E-state index contributed by atoms with van der Waals surface area (Å²) in [6.45, 7) is 0. The molecule has 2 N–H and O–H groups in total. The molecule has 0 amide bonds. The van der Waals surface area contributed by atoms with Gasteiger partial charge < -0.3 is 10.1 Å². The van der Waals surface area contributed by atoms with E-state index in [1.807, 2.05) is 4.68 Å². The first-order valence-electron chi connectivity index (χ1n) is 5.55. The number of H-pyrrole nitrogens is 1. The molecule has 2 heterocycles. The molecule has 1 aliphatic rings. The summed E-state index contributed by atoms with van der Waals surface area (Å²) >= 11 is 0. The van der Waals surface area contributed by atoms with Gasteiger partial charge in [0.05, 0.1) is 17.6 Å². The van der Waals surface area contributed by atoms with E-state index in [-0.39, 0.29) is 11.3 Å². The maximum atomic E-state index is 11.3. The number of hydrogen-bond acceptors (Lipinski definition) is 3. The van der Waals surface area contributed by atoms with Gasteiger partial charge in [0.1, 0.15) is 11.4 Å². The third kappa shape index (κ3) is 1.31. The first-order chi connectivity index (χ1) is 7.75. The van der Waals surface area contributed by atoms with Crippen LogP contribution in [0, 0.1) is 0 Å². The van der Waals surface area contributed by atoms with Crippen LogP contribution in [0.15, 0.2) is 17.1 Å². The molecule has 5 nitrogen and oxygen atoms in total. The highest BCUT2D eigenvalue weighted by atomic mass is 16.3. The van der Waals surface area contributed by atoms with E-state index in [2.05, 4.69) is 10.1 Å². The molecular formula is C11H13N3O2. The van der Waals surface area contributed by atoms with Crippen LogP contribution in [0.25, 0.3) is 11.0 Å². The van der Waals surface area contributed by atoms with Crippen molar-refractivity contribution in [2.75, 3.05) is 0 Å². The van der Waals surface area contributed by atoms with E-state index in [0.717, 1.165) is 12.8 Å². The number of nitrogens with zero attached hydrogens (tertiary/aromatic N) is 2. The fourth-order valence-corrected chi connectivity index (χ4v) is 2.45. The first kappa shape index (κ1) is 9.45. The van der Waals surface area contributed by atoms with Crippen molar-refractivity contribution in [1.82, 2.24) is 14.8 Å². The molecule has 0 bridgehead atoms. The maximum Gasteiger partial charge on any atom is 0.253 e. The van der Waals surface area contributed by atoms with E-state index < -0.39 is 0 Å². The van der Waals surface area contributed by atoms with Crippen LogP contribution in [0.1, 0.15) is 31.7 Å². The zero-order valence-corrected chi connectivity index (χ0v) is 8.81. The molecule has 0 aromatic carbocycles. The van der Waals surface area contributed by atoms with Crippen LogP contribution in [0.2, 0.25) is 0 Å². The highest BCUT2D eigenvalue weighted by Gasteiger charge is 2.20. The monoisotopic (exact) mass is 219 g/mol. The van der Waals surface area contributed by atoms with Gasteiger partial charge in [-0.15, -0.1) is 0 Å². The number of pyridine rings is 1. The smallest absolute Gasteiger partial charge is 0.253 e. The summed E-state index contributed by atoms with van der Waals surface area (Å²) in [5.41, 5.74) is 0.349. The summed E-state index contributed by atoms with van der Waals surface area (Å²) in [5.74, 6) is 0.00277. The predicted molar refractivity (Wildman–Crippen MR) is 59.5 cm³/mol. The molecule has 84 valence electrons. The van der Waals surface area contributed by atoms with Crippen LogP contribution in [0.5, 0.6) is 5.75 Å². The van der Waals surface area contributed by atoms with E-state index in [1.165, 1.54) is 18.9 Å². The van der Waals surface area contributed by atoms with Crippen LogP contribution in [0.3, 0.4) is 0 Å². The number of nitrogens with one attached hydrogen (secondary N) is 1. The molecule has 0 saturated heterocycles. The van der Waals surface area contributed by atoms with E-state index in [1.54, 1.807) is 6.20 Å².